The third-order valence-corrected chi connectivity index (χ3v) is 3.73. The van der Waals surface area contributed by atoms with Crippen LogP contribution in [0.1, 0.15) is 0 Å². The third kappa shape index (κ3) is 3.04. The highest BCUT2D eigenvalue weighted by atomic mass is 32.2. The Kier molecular flexibility index (Phi) is 4.33. The van der Waals surface area contributed by atoms with Gasteiger partial charge in [0.15, 0.2) is 0 Å². The number of aromatic nitrogens is 2. The van der Waals surface area contributed by atoms with E-state index >= 15 is 0 Å². The van der Waals surface area contributed by atoms with E-state index in [1.807, 2.05) is 29.6 Å². The van der Waals surface area contributed by atoms with Gasteiger partial charge in [-0.3, -0.25) is 0 Å². The molecule has 2 rings (SSSR count). The van der Waals surface area contributed by atoms with Crippen molar-refractivity contribution in [3.63, 3.8) is 0 Å². The minimum absolute atomic E-state index is 0.735. The van der Waals surface area contributed by atoms with Gasteiger partial charge >= 0.3 is 0 Å². The zero-order chi connectivity index (χ0) is 11.2. The van der Waals surface area contributed by atoms with Gasteiger partial charge < -0.3 is 4.74 Å². The lowest BCUT2D eigenvalue weighted by molar-refractivity contribution is 0.218. The van der Waals surface area contributed by atoms with Crippen molar-refractivity contribution in [2.45, 2.75) is 5.03 Å². The molecular weight excluding hydrogens is 240 g/mol. The van der Waals surface area contributed by atoms with Crippen LogP contribution in [-0.4, -0.2) is 29.7 Å². The number of hydrogen-bond donors (Lipinski definition) is 0. The topological polar surface area (TPSA) is 35.0 Å². The van der Waals surface area contributed by atoms with E-state index in [0.717, 1.165) is 28.0 Å². The predicted molar refractivity (Wildman–Crippen MR) is 67.9 cm³/mol. The first-order chi connectivity index (χ1) is 7.90. The fraction of sp³-hybridized carbons (Fsp3) is 0.273. The van der Waals surface area contributed by atoms with E-state index in [4.69, 9.17) is 4.74 Å². The van der Waals surface area contributed by atoms with E-state index in [-0.39, 0.29) is 0 Å². The van der Waals surface area contributed by atoms with Crippen molar-refractivity contribution < 1.29 is 4.74 Å². The molecule has 3 nitrogen and oxygen atoms in total. The van der Waals surface area contributed by atoms with Gasteiger partial charge in [-0.15, -0.1) is 33.3 Å². The van der Waals surface area contributed by atoms with Crippen LogP contribution in [0, 0.1) is 0 Å². The molecule has 2 heterocycles. The molecule has 5 heteroatoms. The van der Waals surface area contributed by atoms with Crippen LogP contribution >= 0.6 is 23.1 Å². The zero-order valence-electron chi connectivity index (χ0n) is 8.92. The van der Waals surface area contributed by atoms with Crippen LogP contribution in [-0.2, 0) is 4.74 Å². The van der Waals surface area contributed by atoms with E-state index in [1.54, 1.807) is 30.2 Å². The number of thioether (sulfide) groups is 1. The van der Waals surface area contributed by atoms with Crippen molar-refractivity contribution in [2.75, 3.05) is 19.5 Å². The van der Waals surface area contributed by atoms with E-state index in [9.17, 15) is 0 Å². The average molecular weight is 252 g/mol. The number of thiophene rings is 1. The van der Waals surface area contributed by atoms with Gasteiger partial charge in [-0.1, -0.05) is 6.07 Å². The lowest BCUT2D eigenvalue weighted by Gasteiger charge is -2.00. The summed E-state index contributed by atoms with van der Waals surface area (Å²) in [5.41, 5.74) is 0.936. The maximum absolute atomic E-state index is 4.98. The number of methoxy groups -OCH3 is 1. The Morgan fingerprint density at radius 3 is 2.88 bits per heavy atom. The summed E-state index contributed by atoms with van der Waals surface area (Å²) in [5.74, 6) is 0.906. The molecule has 2 aromatic rings. The number of ether oxygens (including phenoxy) is 1. The predicted octanol–water partition coefficient (Wildman–Crippen LogP) is 2.94. The van der Waals surface area contributed by atoms with Crippen molar-refractivity contribution in [2.24, 2.45) is 0 Å². The van der Waals surface area contributed by atoms with Gasteiger partial charge in [0.05, 0.1) is 11.5 Å². The quantitative estimate of drug-likeness (QED) is 0.605. The minimum Gasteiger partial charge on any atom is -0.384 e. The standard InChI is InChI=1S/C11H12N2OS2/c1-14-6-8-16-11-5-4-9(12-13-11)10-3-2-7-15-10/h2-5,7H,6,8H2,1H3. The van der Waals surface area contributed by atoms with Crippen molar-refractivity contribution in [3.05, 3.63) is 29.6 Å². The first-order valence-corrected chi connectivity index (χ1v) is 6.76. The Hall–Kier alpha value is -0.910. The van der Waals surface area contributed by atoms with E-state index in [1.165, 1.54) is 0 Å². The number of nitrogens with zero attached hydrogens (tertiary/aromatic N) is 2. The summed E-state index contributed by atoms with van der Waals surface area (Å²) < 4.78 is 4.98. The van der Waals surface area contributed by atoms with Crippen LogP contribution in [0.5, 0.6) is 0 Å². The van der Waals surface area contributed by atoms with Crippen molar-refractivity contribution in [1.82, 2.24) is 10.2 Å². The molecule has 0 radical (unpaired) electrons. The molecule has 0 fully saturated rings. The number of hydrogen-bond acceptors (Lipinski definition) is 5. The molecule has 0 N–H and O–H groups in total. The summed E-state index contributed by atoms with van der Waals surface area (Å²) in [6.07, 6.45) is 0. The summed E-state index contributed by atoms with van der Waals surface area (Å²) in [6.45, 7) is 0.735. The van der Waals surface area contributed by atoms with Crippen molar-refractivity contribution in [1.29, 1.82) is 0 Å². The molecule has 0 saturated heterocycles. The molecule has 0 spiro atoms. The van der Waals surface area contributed by atoms with Crippen LogP contribution in [0.15, 0.2) is 34.7 Å². The third-order valence-electron chi connectivity index (χ3n) is 1.95. The van der Waals surface area contributed by atoms with Crippen LogP contribution in [0.3, 0.4) is 0 Å². The summed E-state index contributed by atoms with van der Waals surface area (Å²) in [6, 6.07) is 8.08. The minimum atomic E-state index is 0.735. The smallest absolute Gasteiger partial charge is 0.119 e. The fourth-order valence-electron chi connectivity index (χ4n) is 1.18. The second-order valence-electron chi connectivity index (χ2n) is 3.08. The molecule has 0 aliphatic carbocycles. The normalized spacial score (nSPS) is 10.6. The molecule has 0 amide bonds. The molecule has 0 aliphatic heterocycles. The van der Waals surface area contributed by atoms with E-state index < -0.39 is 0 Å². The molecule has 16 heavy (non-hydrogen) atoms. The Labute approximate surface area is 103 Å². The Bertz CT molecular complexity index is 414. The highest BCUT2D eigenvalue weighted by Crippen LogP contribution is 2.23. The van der Waals surface area contributed by atoms with E-state index in [0.29, 0.717) is 0 Å². The largest absolute Gasteiger partial charge is 0.384 e. The molecular formula is C11H12N2OS2. The Balaban J connectivity index is 2.00. The van der Waals surface area contributed by atoms with Gasteiger partial charge in [0.1, 0.15) is 10.7 Å². The van der Waals surface area contributed by atoms with E-state index in [2.05, 4.69) is 10.2 Å². The van der Waals surface area contributed by atoms with Gasteiger partial charge in [-0.2, -0.15) is 0 Å². The van der Waals surface area contributed by atoms with Gasteiger partial charge in [0, 0.05) is 12.9 Å². The first-order valence-electron chi connectivity index (χ1n) is 4.89. The summed E-state index contributed by atoms with van der Waals surface area (Å²) >= 11 is 3.33. The summed E-state index contributed by atoms with van der Waals surface area (Å²) in [7, 11) is 1.70. The SMILES string of the molecule is COCCSc1ccc(-c2cccs2)nn1. The molecule has 0 unspecified atom stereocenters. The van der Waals surface area contributed by atoms with Crippen LogP contribution in [0.2, 0.25) is 0 Å². The van der Waals surface area contributed by atoms with Gasteiger partial charge in [0.2, 0.25) is 0 Å². The molecule has 2 aromatic heterocycles. The second-order valence-corrected chi connectivity index (χ2v) is 5.14. The van der Waals surface area contributed by atoms with Crippen LogP contribution < -0.4 is 0 Å². The molecule has 0 saturated carbocycles. The van der Waals surface area contributed by atoms with Gasteiger partial charge in [-0.05, 0) is 23.6 Å². The highest BCUT2D eigenvalue weighted by Gasteiger charge is 2.01. The maximum Gasteiger partial charge on any atom is 0.119 e. The monoisotopic (exact) mass is 252 g/mol. The summed E-state index contributed by atoms with van der Waals surface area (Å²) in [4.78, 5) is 1.15. The van der Waals surface area contributed by atoms with Gasteiger partial charge in [-0.25, -0.2) is 0 Å². The molecule has 84 valence electrons. The first kappa shape index (κ1) is 11.6. The molecule has 0 aromatic carbocycles. The van der Waals surface area contributed by atoms with Crippen LogP contribution in [0.25, 0.3) is 10.6 Å². The second kappa shape index (κ2) is 5.98. The lowest BCUT2D eigenvalue weighted by Crippen LogP contribution is -1.93. The number of rotatable bonds is 5. The zero-order valence-corrected chi connectivity index (χ0v) is 10.6. The molecule has 0 aliphatic rings. The molecule has 0 atom stereocenters. The lowest BCUT2D eigenvalue weighted by atomic mass is 10.3. The van der Waals surface area contributed by atoms with Crippen molar-refractivity contribution in [3.8, 4) is 10.6 Å². The van der Waals surface area contributed by atoms with Crippen LogP contribution in [0.4, 0.5) is 0 Å². The molecule has 0 bridgehead atoms. The maximum atomic E-state index is 4.98. The fourth-order valence-corrected chi connectivity index (χ4v) is 2.59. The van der Waals surface area contributed by atoms with Gasteiger partial charge in [0.25, 0.3) is 0 Å². The Morgan fingerprint density at radius 2 is 2.25 bits per heavy atom. The van der Waals surface area contributed by atoms with Crippen molar-refractivity contribution >= 4 is 23.1 Å². The Morgan fingerprint density at radius 1 is 1.31 bits per heavy atom. The average Bonchev–Trinajstić information content (AvgIpc) is 2.84. The highest BCUT2D eigenvalue weighted by molar-refractivity contribution is 7.99. The summed E-state index contributed by atoms with van der Waals surface area (Å²) in [5, 5.41) is 11.4.